The molecule has 2 N–H and O–H groups in total. The summed E-state index contributed by atoms with van der Waals surface area (Å²) < 4.78 is 80.8. The molecule has 1 heterocycles. The molecule has 0 aliphatic rings. The van der Waals surface area contributed by atoms with Crippen LogP contribution < -0.4 is 15.4 Å². The molecule has 3 aromatic rings. The van der Waals surface area contributed by atoms with E-state index < -0.39 is 36.1 Å². The predicted molar refractivity (Wildman–Crippen MR) is 120 cm³/mol. The molecule has 0 unspecified atom stereocenters. The number of carbonyl (C=O) groups excluding carboxylic acids is 1. The van der Waals surface area contributed by atoms with E-state index in [2.05, 4.69) is 20.4 Å². The highest BCUT2D eigenvalue weighted by molar-refractivity contribution is 5.83. The lowest BCUT2D eigenvalue weighted by molar-refractivity contribution is -0.274. The quantitative estimate of drug-likeness (QED) is 0.359. The zero-order chi connectivity index (χ0) is 26.3. The Hall–Kier alpha value is -3.60. The molecule has 0 aliphatic heterocycles. The third kappa shape index (κ3) is 7.70. The molecule has 0 saturated heterocycles. The van der Waals surface area contributed by atoms with E-state index in [9.17, 15) is 31.1 Å². The summed E-state index contributed by atoms with van der Waals surface area (Å²) in [6, 6.07) is 14.7. The van der Waals surface area contributed by atoms with Crippen molar-refractivity contribution in [1.29, 1.82) is 0 Å². The highest BCUT2D eigenvalue weighted by atomic mass is 19.4. The van der Waals surface area contributed by atoms with Gasteiger partial charge in [0.2, 0.25) is 5.91 Å². The van der Waals surface area contributed by atoms with E-state index >= 15 is 0 Å². The second-order valence-corrected chi connectivity index (χ2v) is 7.89. The Labute approximate surface area is 203 Å². The van der Waals surface area contributed by atoms with E-state index in [1.54, 1.807) is 36.4 Å². The maximum atomic E-state index is 12.8. The van der Waals surface area contributed by atoms with Gasteiger partial charge >= 0.3 is 12.5 Å². The molecule has 0 radical (unpaired) electrons. The van der Waals surface area contributed by atoms with Gasteiger partial charge in [-0.1, -0.05) is 48.5 Å². The number of pyridine rings is 1. The van der Waals surface area contributed by atoms with Gasteiger partial charge in [-0.3, -0.25) is 15.1 Å². The predicted octanol–water partition coefficient (Wildman–Crippen LogP) is 5.75. The molecule has 1 aromatic heterocycles. The molecule has 36 heavy (non-hydrogen) atoms. The first-order chi connectivity index (χ1) is 17.0. The van der Waals surface area contributed by atoms with Crippen LogP contribution in [-0.2, 0) is 17.4 Å². The largest absolute Gasteiger partial charge is 0.573 e. The molecule has 0 fully saturated rings. The van der Waals surface area contributed by atoms with Crippen molar-refractivity contribution >= 4 is 5.91 Å². The molecule has 192 valence electrons. The number of likely N-dealkylation sites (N-methyl/N-ethyl adjacent to an activating group) is 1. The summed E-state index contributed by atoms with van der Waals surface area (Å²) in [5.41, 5.74) is 0.498. The van der Waals surface area contributed by atoms with Crippen LogP contribution in [0.1, 0.15) is 40.9 Å². The SMILES string of the molecule is CNC(=O)[C@H](N[C@@H](CCc1ccc(C(F)(F)F)nc1)c1cccc(OC(F)(F)F)c1)c1ccccc1. The normalized spacial score (nSPS) is 13.6. The number of aryl methyl sites for hydroxylation is 1. The number of benzene rings is 2. The van der Waals surface area contributed by atoms with Crippen LogP contribution in [0.15, 0.2) is 72.9 Å². The molecule has 5 nitrogen and oxygen atoms in total. The van der Waals surface area contributed by atoms with Crippen LogP contribution >= 0.6 is 0 Å². The van der Waals surface area contributed by atoms with Gasteiger partial charge in [-0.25, -0.2) is 0 Å². The lowest BCUT2D eigenvalue weighted by Crippen LogP contribution is -2.38. The number of carbonyl (C=O) groups is 1. The highest BCUT2D eigenvalue weighted by Gasteiger charge is 2.33. The van der Waals surface area contributed by atoms with E-state index in [1.807, 2.05) is 0 Å². The number of halogens is 6. The Balaban J connectivity index is 1.90. The molecule has 0 spiro atoms. The van der Waals surface area contributed by atoms with Crippen LogP contribution in [0.4, 0.5) is 26.3 Å². The number of aromatic nitrogens is 1. The van der Waals surface area contributed by atoms with Crippen molar-refractivity contribution < 1.29 is 35.9 Å². The summed E-state index contributed by atoms with van der Waals surface area (Å²) in [7, 11) is 1.46. The lowest BCUT2D eigenvalue weighted by atomic mass is 9.96. The second kappa shape index (κ2) is 11.4. The molecular weight excluding hydrogens is 488 g/mol. The van der Waals surface area contributed by atoms with Crippen molar-refractivity contribution in [2.75, 3.05) is 7.05 Å². The van der Waals surface area contributed by atoms with Gasteiger partial charge < -0.3 is 10.1 Å². The van der Waals surface area contributed by atoms with Crippen molar-refractivity contribution in [2.45, 2.75) is 37.5 Å². The number of hydrogen-bond donors (Lipinski definition) is 2. The fourth-order valence-corrected chi connectivity index (χ4v) is 3.64. The van der Waals surface area contributed by atoms with Gasteiger partial charge in [0.05, 0.1) is 0 Å². The van der Waals surface area contributed by atoms with E-state index in [0.29, 0.717) is 16.7 Å². The fraction of sp³-hybridized carbons (Fsp3) is 0.280. The number of hydrogen-bond acceptors (Lipinski definition) is 4. The summed E-state index contributed by atoms with van der Waals surface area (Å²) in [4.78, 5) is 16.1. The molecule has 0 aliphatic carbocycles. The number of nitrogens with zero attached hydrogens (tertiary/aromatic N) is 1. The third-order valence-electron chi connectivity index (χ3n) is 5.34. The summed E-state index contributed by atoms with van der Waals surface area (Å²) >= 11 is 0. The van der Waals surface area contributed by atoms with E-state index in [1.165, 1.54) is 25.2 Å². The first-order valence-corrected chi connectivity index (χ1v) is 10.9. The molecular formula is C25H23F6N3O2. The average molecular weight is 511 g/mol. The summed E-state index contributed by atoms with van der Waals surface area (Å²) in [6.45, 7) is 0. The summed E-state index contributed by atoms with van der Waals surface area (Å²) in [5.74, 6) is -0.802. The number of amides is 1. The fourth-order valence-electron chi connectivity index (χ4n) is 3.64. The number of rotatable bonds is 9. The van der Waals surface area contributed by atoms with Crippen LogP contribution in [0.3, 0.4) is 0 Å². The van der Waals surface area contributed by atoms with Crippen molar-refractivity contribution in [3.05, 3.63) is 95.3 Å². The van der Waals surface area contributed by atoms with E-state index in [0.717, 1.165) is 18.3 Å². The number of alkyl halides is 6. The molecule has 0 bridgehead atoms. The monoisotopic (exact) mass is 511 g/mol. The van der Waals surface area contributed by atoms with Crippen molar-refractivity contribution in [1.82, 2.24) is 15.6 Å². The van der Waals surface area contributed by atoms with Crippen molar-refractivity contribution in [3.63, 3.8) is 0 Å². The van der Waals surface area contributed by atoms with Crippen LogP contribution in [0.25, 0.3) is 0 Å². The van der Waals surface area contributed by atoms with Crippen LogP contribution in [0.5, 0.6) is 5.75 Å². The number of nitrogens with one attached hydrogen (secondary N) is 2. The Kier molecular flexibility index (Phi) is 8.57. The first-order valence-electron chi connectivity index (χ1n) is 10.9. The second-order valence-electron chi connectivity index (χ2n) is 7.89. The van der Waals surface area contributed by atoms with Gasteiger partial charge in [0.15, 0.2) is 0 Å². The van der Waals surface area contributed by atoms with E-state index in [-0.39, 0.29) is 18.7 Å². The van der Waals surface area contributed by atoms with Crippen LogP contribution in [-0.4, -0.2) is 24.3 Å². The molecule has 1 amide bonds. The minimum absolute atomic E-state index is 0.239. The van der Waals surface area contributed by atoms with Crippen molar-refractivity contribution in [2.24, 2.45) is 0 Å². The van der Waals surface area contributed by atoms with Gasteiger partial charge in [-0.05, 0) is 47.7 Å². The minimum Gasteiger partial charge on any atom is -0.406 e. The van der Waals surface area contributed by atoms with Gasteiger partial charge in [0.25, 0.3) is 0 Å². The summed E-state index contributed by atoms with van der Waals surface area (Å²) in [6.07, 6.45) is -7.87. The van der Waals surface area contributed by atoms with Gasteiger partial charge in [0.1, 0.15) is 17.5 Å². The minimum atomic E-state index is -4.89. The van der Waals surface area contributed by atoms with Gasteiger partial charge in [0, 0.05) is 19.3 Å². The third-order valence-corrected chi connectivity index (χ3v) is 5.34. The Morgan fingerprint density at radius 2 is 1.64 bits per heavy atom. The summed E-state index contributed by atoms with van der Waals surface area (Å²) in [5, 5.41) is 5.75. The standard InChI is InChI=1S/C25H23F6N3O2/c1-32-23(35)22(17-6-3-2-4-7-17)34-20(18-8-5-9-19(14-18)36-25(29,30)31)12-10-16-11-13-21(33-15-16)24(26,27)28/h2-9,11,13-15,20,22,34H,10,12H2,1H3,(H,32,35)/t20-,22+/m0/s1. The van der Waals surface area contributed by atoms with Crippen LogP contribution in [0, 0.1) is 0 Å². The molecule has 2 aromatic carbocycles. The zero-order valence-electron chi connectivity index (χ0n) is 19.0. The number of ether oxygens (including phenoxy) is 1. The van der Waals surface area contributed by atoms with Gasteiger partial charge in [-0.15, -0.1) is 13.2 Å². The molecule has 3 rings (SSSR count). The van der Waals surface area contributed by atoms with Crippen LogP contribution in [0.2, 0.25) is 0 Å². The smallest absolute Gasteiger partial charge is 0.406 e. The maximum absolute atomic E-state index is 12.8. The van der Waals surface area contributed by atoms with Crippen molar-refractivity contribution in [3.8, 4) is 5.75 Å². The molecule has 0 saturated carbocycles. The molecule has 2 atom stereocenters. The maximum Gasteiger partial charge on any atom is 0.573 e. The highest BCUT2D eigenvalue weighted by Crippen LogP contribution is 2.30. The van der Waals surface area contributed by atoms with E-state index in [4.69, 9.17) is 0 Å². The zero-order valence-corrected chi connectivity index (χ0v) is 19.0. The Bertz CT molecular complexity index is 1140. The topological polar surface area (TPSA) is 63.2 Å². The molecule has 11 heteroatoms. The first kappa shape index (κ1) is 27.0. The van der Waals surface area contributed by atoms with Gasteiger partial charge in [-0.2, -0.15) is 13.2 Å². The Morgan fingerprint density at radius 1 is 0.944 bits per heavy atom. The Morgan fingerprint density at radius 3 is 2.22 bits per heavy atom. The average Bonchev–Trinajstić information content (AvgIpc) is 2.83. The lowest BCUT2D eigenvalue weighted by Gasteiger charge is -2.26.